The summed E-state index contributed by atoms with van der Waals surface area (Å²) in [6.07, 6.45) is 0.277. The summed E-state index contributed by atoms with van der Waals surface area (Å²) in [5, 5.41) is 6.72. The molecule has 7 heteroatoms. The van der Waals surface area contributed by atoms with Crippen LogP contribution in [0, 0.1) is 12.7 Å². The number of carbonyl (C=O) groups is 2. The maximum atomic E-state index is 13.9. The molecule has 3 aromatic rings. The normalized spacial score (nSPS) is 15.7. The van der Waals surface area contributed by atoms with Gasteiger partial charge < -0.3 is 10.6 Å². The van der Waals surface area contributed by atoms with Crippen molar-refractivity contribution in [2.75, 3.05) is 10.6 Å². The molecule has 2 amide bonds. The van der Waals surface area contributed by atoms with Gasteiger partial charge in [0.25, 0.3) is 5.91 Å². The van der Waals surface area contributed by atoms with E-state index >= 15 is 0 Å². The number of fused-ring (bicyclic) bond motifs is 1. The number of benzene rings is 2. The van der Waals surface area contributed by atoms with Crippen LogP contribution in [0.4, 0.5) is 15.1 Å². The van der Waals surface area contributed by atoms with Gasteiger partial charge in [0.05, 0.1) is 15.6 Å². The van der Waals surface area contributed by atoms with Gasteiger partial charge >= 0.3 is 0 Å². The zero-order valence-corrected chi connectivity index (χ0v) is 16.5. The largest absolute Gasteiger partial charge is 0.319 e. The Kier molecular flexibility index (Phi) is 4.91. The second kappa shape index (κ2) is 7.37. The Morgan fingerprint density at radius 2 is 2.04 bits per heavy atom. The maximum absolute atomic E-state index is 13.9. The van der Waals surface area contributed by atoms with Gasteiger partial charge in [-0.1, -0.05) is 35.9 Å². The smallest absolute Gasteiger partial charge is 0.266 e. The van der Waals surface area contributed by atoms with Gasteiger partial charge in [0, 0.05) is 17.4 Å². The van der Waals surface area contributed by atoms with Gasteiger partial charge in [-0.2, -0.15) is 0 Å². The molecule has 0 bridgehead atoms. The van der Waals surface area contributed by atoms with Gasteiger partial charge in [-0.3, -0.25) is 9.59 Å². The van der Waals surface area contributed by atoms with E-state index in [-0.39, 0.29) is 23.9 Å². The minimum absolute atomic E-state index is 0.111. The maximum Gasteiger partial charge on any atom is 0.266 e. The van der Waals surface area contributed by atoms with Crippen LogP contribution < -0.4 is 10.6 Å². The Hall–Kier alpha value is -2.70. The van der Waals surface area contributed by atoms with Crippen LogP contribution in [-0.2, 0) is 4.79 Å². The van der Waals surface area contributed by atoms with Gasteiger partial charge in [-0.05, 0) is 47.9 Å². The first-order chi connectivity index (χ1) is 13.4. The molecule has 2 aromatic carbocycles. The minimum Gasteiger partial charge on any atom is -0.319 e. The van der Waals surface area contributed by atoms with Crippen LogP contribution in [0.1, 0.15) is 38.7 Å². The third-order valence-corrected chi connectivity index (χ3v) is 6.22. The molecule has 2 N–H and O–H groups in total. The van der Waals surface area contributed by atoms with E-state index in [1.165, 1.54) is 23.5 Å². The van der Waals surface area contributed by atoms with Gasteiger partial charge in [0.15, 0.2) is 0 Å². The molecule has 0 saturated heterocycles. The lowest BCUT2D eigenvalue weighted by atomic mass is 9.85. The number of amides is 2. The highest BCUT2D eigenvalue weighted by Crippen LogP contribution is 2.45. The van der Waals surface area contributed by atoms with E-state index < -0.39 is 11.7 Å². The molecule has 28 heavy (non-hydrogen) atoms. The van der Waals surface area contributed by atoms with E-state index in [2.05, 4.69) is 10.6 Å². The lowest BCUT2D eigenvalue weighted by Gasteiger charge is -2.24. The second-order valence-electron chi connectivity index (χ2n) is 6.59. The number of hydrogen-bond donors (Lipinski definition) is 2. The van der Waals surface area contributed by atoms with Crippen LogP contribution in [0.25, 0.3) is 0 Å². The zero-order chi connectivity index (χ0) is 19.8. The predicted octanol–water partition coefficient (Wildman–Crippen LogP) is 5.58. The summed E-state index contributed by atoms with van der Waals surface area (Å²) in [5.41, 5.74) is 2.73. The fourth-order valence-corrected chi connectivity index (χ4v) is 4.85. The molecule has 0 fully saturated rings. The van der Waals surface area contributed by atoms with E-state index in [9.17, 15) is 14.0 Å². The van der Waals surface area contributed by atoms with Crippen molar-refractivity contribution in [3.8, 4) is 0 Å². The number of carbonyl (C=O) groups excluding carboxylic acids is 2. The standard InChI is InChI=1S/C21H16ClFN2O2S/c1-11-18-14(12-5-4-6-13(22)9-12)10-17(26)25-21(18)28-19(11)20(27)24-16-8-3-2-7-15(16)23/h2-9,14H,10H2,1H3,(H,24,27)(H,25,26)/t14-/m1/s1. The SMILES string of the molecule is Cc1c(C(=O)Nc2ccccc2F)sc2c1[C@@H](c1cccc(Cl)c1)CC(=O)N2. The highest BCUT2D eigenvalue weighted by molar-refractivity contribution is 7.18. The van der Waals surface area contributed by atoms with Crippen molar-refractivity contribution >= 4 is 45.4 Å². The molecule has 0 unspecified atom stereocenters. The molecule has 2 heterocycles. The number of thiophene rings is 1. The average Bonchev–Trinajstić information content (AvgIpc) is 2.99. The number of halogens is 2. The van der Waals surface area contributed by atoms with Crippen LogP contribution in [-0.4, -0.2) is 11.8 Å². The van der Waals surface area contributed by atoms with Gasteiger partial charge in [-0.25, -0.2) is 4.39 Å². The first kappa shape index (κ1) is 18.7. The van der Waals surface area contributed by atoms with Crippen LogP contribution in [0.15, 0.2) is 48.5 Å². The zero-order valence-electron chi connectivity index (χ0n) is 14.9. The predicted molar refractivity (Wildman–Crippen MR) is 110 cm³/mol. The quantitative estimate of drug-likeness (QED) is 0.588. The summed E-state index contributed by atoms with van der Waals surface area (Å²) < 4.78 is 13.9. The Labute approximate surface area is 170 Å². The highest BCUT2D eigenvalue weighted by Gasteiger charge is 2.33. The molecule has 142 valence electrons. The molecule has 0 spiro atoms. The van der Waals surface area contributed by atoms with E-state index in [1.807, 2.05) is 25.1 Å². The Balaban J connectivity index is 1.73. The number of anilines is 2. The summed E-state index contributed by atoms with van der Waals surface area (Å²) in [6, 6.07) is 13.4. The summed E-state index contributed by atoms with van der Waals surface area (Å²) in [4.78, 5) is 25.5. The van der Waals surface area contributed by atoms with Gasteiger partial charge in [0.1, 0.15) is 5.82 Å². The molecule has 1 aliphatic heterocycles. The molecule has 1 aliphatic rings. The van der Waals surface area contributed by atoms with Crippen molar-refractivity contribution in [2.24, 2.45) is 0 Å². The highest BCUT2D eigenvalue weighted by atomic mass is 35.5. The van der Waals surface area contributed by atoms with Crippen molar-refractivity contribution in [3.05, 3.63) is 80.9 Å². The number of rotatable bonds is 3. The van der Waals surface area contributed by atoms with Crippen molar-refractivity contribution in [2.45, 2.75) is 19.3 Å². The molecule has 1 aromatic heterocycles. The lowest BCUT2D eigenvalue weighted by molar-refractivity contribution is -0.116. The summed E-state index contributed by atoms with van der Waals surface area (Å²) in [6.45, 7) is 1.85. The van der Waals surface area contributed by atoms with Crippen molar-refractivity contribution in [1.82, 2.24) is 0 Å². The average molecular weight is 415 g/mol. The summed E-state index contributed by atoms with van der Waals surface area (Å²) >= 11 is 7.33. The van der Waals surface area contributed by atoms with Crippen LogP contribution in [0.3, 0.4) is 0 Å². The van der Waals surface area contributed by atoms with E-state index in [4.69, 9.17) is 11.6 Å². The van der Waals surface area contributed by atoms with Crippen LogP contribution in [0.2, 0.25) is 5.02 Å². The van der Waals surface area contributed by atoms with E-state index in [1.54, 1.807) is 18.2 Å². The van der Waals surface area contributed by atoms with Gasteiger partial charge in [-0.15, -0.1) is 11.3 Å². The van der Waals surface area contributed by atoms with E-state index in [0.717, 1.165) is 16.7 Å². The van der Waals surface area contributed by atoms with Crippen LogP contribution in [0.5, 0.6) is 0 Å². The molecule has 4 nitrogen and oxygen atoms in total. The second-order valence-corrected chi connectivity index (χ2v) is 8.05. The third kappa shape index (κ3) is 3.41. The molecule has 0 saturated carbocycles. The van der Waals surface area contributed by atoms with E-state index in [0.29, 0.717) is 14.9 Å². The Morgan fingerprint density at radius 3 is 2.79 bits per heavy atom. The Bertz CT molecular complexity index is 1100. The number of hydrogen-bond acceptors (Lipinski definition) is 3. The fourth-order valence-electron chi connectivity index (χ4n) is 3.47. The lowest BCUT2D eigenvalue weighted by Crippen LogP contribution is -2.22. The monoisotopic (exact) mass is 414 g/mol. The molecule has 1 atom stereocenters. The van der Waals surface area contributed by atoms with Gasteiger partial charge in [0.2, 0.25) is 5.91 Å². The van der Waals surface area contributed by atoms with Crippen molar-refractivity contribution < 1.29 is 14.0 Å². The van der Waals surface area contributed by atoms with Crippen LogP contribution >= 0.6 is 22.9 Å². The van der Waals surface area contributed by atoms with Crippen molar-refractivity contribution in [3.63, 3.8) is 0 Å². The molecule has 0 radical (unpaired) electrons. The molecule has 0 aliphatic carbocycles. The number of para-hydroxylation sites is 1. The third-order valence-electron chi connectivity index (χ3n) is 4.76. The number of nitrogens with one attached hydrogen (secondary N) is 2. The molecular formula is C21H16ClFN2O2S. The minimum atomic E-state index is -0.500. The molecular weight excluding hydrogens is 399 g/mol. The summed E-state index contributed by atoms with van der Waals surface area (Å²) in [7, 11) is 0. The fraction of sp³-hybridized carbons (Fsp3) is 0.143. The molecule has 4 rings (SSSR count). The van der Waals surface area contributed by atoms with Crippen molar-refractivity contribution in [1.29, 1.82) is 0 Å². The topological polar surface area (TPSA) is 58.2 Å². The summed E-state index contributed by atoms with van der Waals surface area (Å²) in [5.74, 6) is -1.20. The first-order valence-corrected chi connectivity index (χ1v) is 9.88. The Morgan fingerprint density at radius 1 is 1.25 bits per heavy atom. The first-order valence-electron chi connectivity index (χ1n) is 8.68.